The van der Waals surface area contributed by atoms with E-state index in [-0.39, 0.29) is 19.5 Å². The van der Waals surface area contributed by atoms with E-state index in [2.05, 4.69) is 94.7 Å². The standard InChI is InChI=1S/C35H14B2N2O/c40-35-38-24-11-3-9-18-16-5-1-7-20-22-13-15-14-23-21-8-2-6-17-19-10-4-12-25-30(19)37(28(17)21)32(23)34(39(25)35)26(15)33(38)31(22)36(27(16)20)29(18)24/h1-14H. The number of nitrogens with zero attached hydrogens (tertiary/aromatic N) is 2. The van der Waals surface area contributed by atoms with Crippen molar-refractivity contribution in [2.24, 2.45) is 0 Å². The van der Waals surface area contributed by atoms with Crippen molar-refractivity contribution in [3.8, 4) is 44.5 Å². The van der Waals surface area contributed by atoms with Gasteiger partial charge in [0.05, 0.1) is 11.4 Å². The van der Waals surface area contributed by atoms with Crippen LogP contribution >= 0.6 is 0 Å². The Hall–Kier alpha value is -5.02. The number of fused-ring (bicyclic) bond motifs is 6. The van der Waals surface area contributed by atoms with E-state index in [4.69, 9.17) is 0 Å². The molecule has 0 saturated carbocycles. The number of rotatable bonds is 0. The largest absolute Gasteiger partial charge is 0.338 e. The number of amides is 2. The first-order chi connectivity index (χ1) is 19.8. The van der Waals surface area contributed by atoms with Gasteiger partial charge in [0.2, 0.25) is 13.4 Å². The molecule has 7 aliphatic heterocycles. The SMILES string of the molecule is O=C1N2c3cccc4c3B3c5c-4cccc5-c4cc5cc6c7c(c5c2c43)N1c1cccc2c1B7c1c-2cccc1-6. The summed E-state index contributed by atoms with van der Waals surface area (Å²) in [6, 6.07) is 31.6. The average molecular weight is 500 g/mol. The molecule has 13 rings (SSSR count). The molecule has 0 aromatic heterocycles. The third-order valence-corrected chi connectivity index (χ3v) is 11.0. The lowest BCUT2D eigenvalue weighted by molar-refractivity contribution is 0.255. The van der Waals surface area contributed by atoms with Crippen LogP contribution in [-0.4, -0.2) is 19.5 Å². The van der Waals surface area contributed by atoms with Gasteiger partial charge >= 0.3 is 6.03 Å². The highest BCUT2D eigenvalue weighted by atomic mass is 16.2. The fourth-order valence-corrected chi connectivity index (χ4v) is 9.93. The van der Waals surface area contributed by atoms with Gasteiger partial charge in [0, 0.05) is 16.8 Å². The summed E-state index contributed by atoms with van der Waals surface area (Å²) in [5.41, 5.74) is 23.0. The van der Waals surface area contributed by atoms with Crippen LogP contribution in [0, 0.1) is 0 Å². The Morgan fingerprint density at radius 1 is 0.450 bits per heavy atom. The summed E-state index contributed by atoms with van der Waals surface area (Å²) in [6.45, 7) is 0.418. The van der Waals surface area contributed by atoms with Gasteiger partial charge in [-0.1, -0.05) is 71.6 Å². The van der Waals surface area contributed by atoms with Crippen molar-refractivity contribution in [3.63, 3.8) is 0 Å². The Morgan fingerprint density at radius 3 is 1.32 bits per heavy atom. The summed E-state index contributed by atoms with van der Waals surface area (Å²) in [5, 5.41) is 2.48. The molecule has 7 heterocycles. The van der Waals surface area contributed by atoms with Crippen molar-refractivity contribution in [1.82, 2.24) is 0 Å². The van der Waals surface area contributed by atoms with E-state index in [1.165, 1.54) is 88.1 Å². The lowest BCUT2D eigenvalue weighted by atomic mass is 9.38. The second-order valence-electron chi connectivity index (χ2n) is 12.3. The predicted molar refractivity (Wildman–Crippen MR) is 165 cm³/mol. The maximum absolute atomic E-state index is 15.1. The molecule has 5 heteroatoms. The molecule has 0 fully saturated rings. The van der Waals surface area contributed by atoms with Crippen molar-refractivity contribution in [1.29, 1.82) is 0 Å². The minimum Gasteiger partial charge on any atom is -0.263 e. The summed E-state index contributed by atoms with van der Waals surface area (Å²) in [5.74, 6) is 0. The van der Waals surface area contributed by atoms with E-state index in [1.807, 2.05) is 0 Å². The summed E-state index contributed by atoms with van der Waals surface area (Å²) in [6.07, 6.45) is 0. The van der Waals surface area contributed by atoms with E-state index in [0.717, 1.165) is 22.7 Å². The summed E-state index contributed by atoms with van der Waals surface area (Å²) in [4.78, 5) is 19.2. The summed E-state index contributed by atoms with van der Waals surface area (Å²) >= 11 is 0. The van der Waals surface area contributed by atoms with Crippen LogP contribution in [0.3, 0.4) is 0 Å². The average Bonchev–Trinajstić information content (AvgIpc) is 3.71. The van der Waals surface area contributed by atoms with Gasteiger partial charge in [0.1, 0.15) is 0 Å². The van der Waals surface area contributed by atoms with E-state index in [9.17, 15) is 0 Å². The molecule has 176 valence electrons. The number of carbonyl (C=O) groups excluding carboxylic acids is 1. The van der Waals surface area contributed by atoms with E-state index in [0.29, 0.717) is 0 Å². The van der Waals surface area contributed by atoms with Crippen molar-refractivity contribution >= 4 is 85.8 Å². The van der Waals surface area contributed by atoms with E-state index >= 15 is 4.79 Å². The van der Waals surface area contributed by atoms with Gasteiger partial charge in [-0.2, -0.15) is 0 Å². The lowest BCUT2D eigenvalue weighted by Crippen LogP contribution is -2.61. The van der Waals surface area contributed by atoms with Gasteiger partial charge in [-0.05, 0) is 96.0 Å². The number of urea groups is 1. The minimum absolute atomic E-state index is 0.0503. The van der Waals surface area contributed by atoms with Crippen molar-refractivity contribution < 1.29 is 4.79 Å². The summed E-state index contributed by atoms with van der Waals surface area (Å²) in [7, 11) is 0. The number of hydrogen-bond donors (Lipinski definition) is 0. The smallest absolute Gasteiger partial charge is 0.263 e. The highest BCUT2D eigenvalue weighted by Gasteiger charge is 2.56. The zero-order valence-corrected chi connectivity index (χ0v) is 21.0. The quantitative estimate of drug-likeness (QED) is 0.291. The first-order valence-corrected chi connectivity index (χ1v) is 14.2. The highest BCUT2D eigenvalue weighted by molar-refractivity contribution is 7.06. The molecule has 0 atom stereocenters. The van der Waals surface area contributed by atoms with Crippen LogP contribution in [0.1, 0.15) is 0 Å². The van der Waals surface area contributed by atoms with Crippen LogP contribution in [0.25, 0.3) is 55.3 Å². The number of anilines is 4. The monoisotopic (exact) mass is 500 g/mol. The fourth-order valence-electron chi connectivity index (χ4n) is 9.93. The predicted octanol–water partition coefficient (Wildman–Crippen LogP) is 3.83. The van der Waals surface area contributed by atoms with Crippen LogP contribution in [-0.2, 0) is 0 Å². The lowest BCUT2D eigenvalue weighted by Gasteiger charge is -2.45. The molecular weight excluding hydrogens is 486 g/mol. The van der Waals surface area contributed by atoms with Crippen molar-refractivity contribution in [2.45, 2.75) is 0 Å². The van der Waals surface area contributed by atoms with E-state index in [1.54, 1.807) is 0 Å². The molecule has 2 amide bonds. The fraction of sp³-hybridized carbons (Fsp3) is 0. The molecule has 6 aromatic rings. The van der Waals surface area contributed by atoms with Gasteiger partial charge in [0.15, 0.2) is 0 Å². The Morgan fingerprint density at radius 2 is 0.850 bits per heavy atom. The maximum Gasteiger partial charge on any atom is 0.338 e. The topological polar surface area (TPSA) is 23.6 Å². The van der Waals surface area contributed by atoms with Crippen molar-refractivity contribution in [2.75, 3.05) is 9.80 Å². The molecule has 7 aliphatic rings. The minimum atomic E-state index is 0.0503. The van der Waals surface area contributed by atoms with Crippen LogP contribution in [0.4, 0.5) is 27.5 Å². The molecule has 0 aliphatic carbocycles. The molecule has 0 unspecified atom stereocenters. The molecule has 0 saturated heterocycles. The normalized spacial score (nSPS) is 16.4. The molecule has 0 N–H and O–H groups in total. The number of carbonyl (C=O) groups is 1. The number of benzene rings is 6. The molecule has 3 nitrogen and oxygen atoms in total. The van der Waals surface area contributed by atoms with Crippen LogP contribution in [0.5, 0.6) is 0 Å². The molecule has 0 radical (unpaired) electrons. The molecular formula is C35H14B2N2O. The zero-order chi connectivity index (χ0) is 25.3. The zero-order valence-electron chi connectivity index (χ0n) is 21.0. The Kier molecular flexibility index (Phi) is 2.40. The van der Waals surface area contributed by atoms with Crippen LogP contribution in [0.15, 0.2) is 84.9 Å². The Bertz CT molecular complexity index is 2280. The third-order valence-electron chi connectivity index (χ3n) is 11.0. The van der Waals surface area contributed by atoms with Gasteiger partial charge in [-0.25, -0.2) is 4.79 Å². The second-order valence-corrected chi connectivity index (χ2v) is 12.3. The first-order valence-electron chi connectivity index (χ1n) is 14.2. The molecule has 0 spiro atoms. The van der Waals surface area contributed by atoms with Gasteiger partial charge in [0.25, 0.3) is 0 Å². The Labute approximate surface area is 229 Å². The van der Waals surface area contributed by atoms with Crippen molar-refractivity contribution in [3.05, 3.63) is 84.9 Å². The Balaban J connectivity index is 1.31. The van der Waals surface area contributed by atoms with Gasteiger partial charge in [-0.3, -0.25) is 9.80 Å². The third kappa shape index (κ3) is 1.48. The van der Waals surface area contributed by atoms with Crippen LogP contribution < -0.4 is 42.6 Å². The molecule has 40 heavy (non-hydrogen) atoms. The molecule has 6 aromatic carbocycles. The molecule has 0 bridgehead atoms. The maximum atomic E-state index is 15.1. The number of hydrogen-bond acceptors (Lipinski definition) is 1. The first kappa shape index (κ1) is 18.3. The highest BCUT2D eigenvalue weighted by Crippen LogP contribution is 2.54. The van der Waals surface area contributed by atoms with Crippen LogP contribution in [0.2, 0.25) is 0 Å². The van der Waals surface area contributed by atoms with Gasteiger partial charge < -0.3 is 0 Å². The summed E-state index contributed by atoms with van der Waals surface area (Å²) < 4.78 is 0. The second kappa shape index (κ2) is 5.24. The van der Waals surface area contributed by atoms with E-state index < -0.39 is 0 Å². The van der Waals surface area contributed by atoms with Gasteiger partial charge in [-0.15, -0.1) is 0 Å².